The van der Waals surface area contributed by atoms with Crippen LogP contribution in [0.2, 0.25) is 0 Å². The number of hydrogen-bond acceptors (Lipinski definition) is 5. The number of nitrogens with one attached hydrogen (secondary N) is 1. The average Bonchev–Trinajstić information content (AvgIpc) is 3.28. The first kappa shape index (κ1) is 17.2. The summed E-state index contributed by atoms with van der Waals surface area (Å²) >= 11 is 7.12. The van der Waals surface area contributed by atoms with Gasteiger partial charge in [-0.3, -0.25) is 0 Å². The van der Waals surface area contributed by atoms with E-state index in [2.05, 4.69) is 51.4 Å². The van der Waals surface area contributed by atoms with E-state index >= 15 is 0 Å². The monoisotopic (exact) mass is 383 g/mol. The zero-order valence-electron chi connectivity index (χ0n) is 14.7. The van der Waals surface area contributed by atoms with Crippen molar-refractivity contribution in [3.63, 3.8) is 0 Å². The fraction of sp³-hybridized carbons (Fsp3) is 0.316. The molecule has 4 rings (SSSR count). The Balaban J connectivity index is 1.58. The van der Waals surface area contributed by atoms with Crippen LogP contribution in [0, 0.1) is 11.7 Å². The van der Waals surface area contributed by atoms with Crippen molar-refractivity contribution in [3.8, 4) is 11.4 Å². The third kappa shape index (κ3) is 3.64. The van der Waals surface area contributed by atoms with Gasteiger partial charge in [-0.05, 0) is 50.5 Å². The van der Waals surface area contributed by atoms with Crippen LogP contribution in [0.5, 0.6) is 0 Å². The average molecular weight is 384 g/mol. The van der Waals surface area contributed by atoms with Gasteiger partial charge in [-0.2, -0.15) is 14.9 Å². The predicted octanol–water partition coefficient (Wildman–Crippen LogP) is 4.85. The van der Waals surface area contributed by atoms with Gasteiger partial charge in [0.1, 0.15) is 0 Å². The van der Waals surface area contributed by atoms with E-state index in [0.29, 0.717) is 4.77 Å². The SMILES string of the molecule is Cc1ccc(-c2n[nH]c(=S)n2/N=C\c2ccc(N3CCCCC3)s2)cc1. The standard InChI is InChI=1S/C19H21N5S2/c1-14-5-7-15(8-6-14)18-21-22-19(25)24(18)20-13-16-9-10-17(26-16)23-11-3-2-4-12-23/h5-10,13H,2-4,11-12H2,1H3,(H,22,25)/b20-13-. The molecule has 1 saturated heterocycles. The second-order valence-corrected chi connectivity index (χ2v) is 7.98. The number of nitrogens with zero attached hydrogens (tertiary/aromatic N) is 4. The summed E-state index contributed by atoms with van der Waals surface area (Å²) in [5, 5.41) is 13.1. The van der Waals surface area contributed by atoms with Crippen molar-refractivity contribution in [1.29, 1.82) is 0 Å². The zero-order valence-corrected chi connectivity index (χ0v) is 16.3. The second-order valence-electron chi connectivity index (χ2n) is 6.50. The van der Waals surface area contributed by atoms with Gasteiger partial charge in [0.25, 0.3) is 0 Å². The van der Waals surface area contributed by atoms with Crippen molar-refractivity contribution < 1.29 is 0 Å². The Hall–Kier alpha value is -2.25. The zero-order chi connectivity index (χ0) is 17.9. The molecule has 0 amide bonds. The van der Waals surface area contributed by atoms with Crippen LogP contribution in [0.1, 0.15) is 29.7 Å². The summed E-state index contributed by atoms with van der Waals surface area (Å²) in [7, 11) is 0. The van der Waals surface area contributed by atoms with Gasteiger partial charge in [0.2, 0.25) is 4.77 Å². The van der Waals surface area contributed by atoms with Gasteiger partial charge in [-0.15, -0.1) is 11.3 Å². The number of benzene rings is 1. The largest absolute Gasteiger partial charge is 0.363 e. The minimum Gasteiger partial charge on any atom is -0.363 e. The van der Waals surface area contributed by atoms with Crippen molar-refractivity contribution in [3.05, 3.63) is 51.6 Å². The van der Waals surface area contributed by atoms with Crippen molar-refractivity contribution in [2.24, 2.45) is 5.10 Å². The molecule has 7 heteroatoms. The third-order valence-electron chi connectivity index (χ3n) is 4.54. The molecule has 1 N–H and O–H groups in total. The maximum absolute atomic E-state index is 5.35. The Bertz CT molecular complexity index is 958. The van der Waals surface area contributed by atoms with E-state index in [-0.39, 0.29) is 0 Å². The molecule has 0 spiro atoms. The first-order valence-electron chi connectivity index (χ1n) is 8.84. The number of anilines is 1. The lowest BCUT2D eigenvalue weighted by Crippen LogP contribution is -2.28. The van der Waals surface area contributed by atoms with Gasteiger partial charge in [-0.1, -0.05) is 29.8 Å². The van der Waals surface area contributed by atoms with E-state index in [0.717, 1.165) is 29.4 Å². The van der Waals surface area contributed by atoms with Crippen molar-refractivity contribution in [2.75, 3.05) is 18.0 Å². The maximum Gasteiger partial charge on any atom is 0.216 e. The van der Waals surface area contributed by atoms with E-state index in [1.165, 1.54) is 29.8 Å². The van der Waals surface area contributed by atoms with Crippen LogP contribution in [0.3, 0.4) is 0 Å². The molecule has 0 aliphatic carbocycles. The maximum atomic E-state index is 5.35. The Labute approximate surface area is 162 Å². The summed E-state index contributed by atoms with van der Waals surface area (Å²) in [5.41, 5.74) is 2.20. The fourth-order valence-corrected chi connectivity index (χ4v) is 4.20. The number of piperidine rings is 1. The molecule has 134 valence electrons. The lowest BCUT2D eigenvalue weighted by Gasteiger charge is -2.27. The highest BCUT2D eigenvalue weighted by Crippen LogP contribution is 2.27. The molecule has 2 aromatic heterocycles. The van der Waals surface area contributed by atoms with Crippen LogP contribution in [-0.4, -0.2) is 34.2 Å². The van der Waals surface area contributed by atoms with E-state index in [4.69, 9.17) is 12.2 Å². The van der Waals surface area contributed by atoms with Crippen LogP contribution >= 0.6 is 23.6 Å². The smallest absolute Gasteiger partial charge is 0.216 e. The molecule has 0 saturated carbocycles. The van der Waals surface area contributed by atoms with Crippen LogP contribution in [0.4, 0.5) is 5.00 Å². The number of rotatable bonds is 4. The number of aromatic amines is 1. The highest BCUT2D eigenvalue weighted by atomic mass is 32.1. The summed E-state index contributed by atoms with van der Waals surface area (Å²) < 4.78 is 2.17. The normalized spacial score (nSPS) is 15.0. The molecule has 1 aromatic carbocycles. The Morgan fingerprint density at radius 3 is 2.65 bits per heavy atom. The van der Waals surface area contributed by atoms with Gasteiger partial charge >= 0.3 is 0 Å². The van der Waals surface area contributed by atoms with Gasteiger partial charge in [0, 0.05) is 23.5 Å². The molecule has 0 atom stereocenters. The van der Waals surface area contributed by atoms with E-state index < -0.39 is 0 Å². The van der Waals surface area contributed by atoms with Gasteiger partial charge in [0.05, 0.1) is 11.2 Å². The van der Waals surface area contributed by atoms with Crippen LogP contribution in [-0.2, 0) is 0 Å². The summed E-state index contributed by atoms with van der Waals surface area (Å²) in [6.07, 6.45) is 5.77. The lowest BCUT2D eigenvalue weighted by molar-refractivity contribution is 0.580. The number of aryl methyl sites for hydroxylation is 1. The Morgan fingerprint density at radius 2 is 1.88 bits per heavy atom. The Morgan fingerprint density at radius 1 is 1.12 bits per heavy atom. The van der Waals surface area contributed by atoms with Crippen molar-refractivity contribution in [1.82, 2.24) is 14.9 Å². The summed E-state index contributed by atoms with van der Waals surface area (Å²) in [6, 6.07) is 12.5. The number of thiophene rings is 1. The quantitative estimate of drug-likeness (QED) is 0.517. The molecule has 26 heavy (non-hydrogen) atoms. The molecule has 5 nitrogen and oxygen atoms in total. The molecule has 0 unspecified atom stereocenters. The molecule has 3 heterocycles. The third-order valence-corrected chi connectivity index (χ3v) is 5.89. The van der Waals surface area contributed by atoms with Gasteiger partial charge in [0.15, 0.2) is 5.82 Å². The highest BCUT2D eigenvalue weighted by Gasteiger charge is 2.13. The molecule has 1 fully saturated rings. The minimum atomic E-state index is 0.490. The first-order valence-corrected chi connectivity index (χ1v) is 10.1. The van der Waals surface area contributed by atoms with Gasteiger partial charge < -0.3 is 4.90 Å². The molecular formula is C19H21N5S2. The molecule has 1 aliphatic heterocycles. The predicted molar refractivity (Wildman–Crippen MR) is 111 cm³/mol. The topological polar surface area (TPSA) is 49.2 Å². The Kier molecular flexibility index (Phi) is 4.99. The molecule has 0 bridgehead atoms. The molecule has 1 aliphatic rings. The van der Waals surface area contributed by atoms with Crippen LogP contribution < -0.4 is 4.90 Å². The van der Waals surface area contributed by atoms with Crippen molar-refractivity contribution in [2.45, 2.75) is 26.2 Å². The minimum absolute atomic E-state index is 0.490. The second kappa shape index (κ2) is 7.55. The number of aromatic nitrogens is 3. The highest BCUT2D eigenvalue weighted by molar-refractivity contribution is 7.71. The number of H-pyrrole nitrogens is 1. The van der Waals surface area contributed by atoms with Crippen LogP contribution in [0.25, 0.3) is 11.4 Å². The molecule has 3 aromatic rings. The molecule has 0 radical (unpaired) electrons. The van der Waals surface area contributed by atoms with E-state index in [9.17, 15) is 0 Å². The summed E-state index contributed by atoms with van der Waals surface area (Å²) in [4.78, 5) is 3.58. The fourth-order valence-electron chi connectivity index (χ4n) is 3.10. The first-order chi connectivity index (χ1) is 12.7. The molecular weight excluding hydrogens is 362 g/mol. The van der Waals surface area contributed by atoms with Crippen LogP contribution in [0.15, 0.2) is 41.5 Å². The van der Waals surface area contributed by atoms with E-state index in [1.54, 1.807) is 16.0 Å². The summed E-state index contributed by atoms with van der Waals surface area (Å²) in [5.74, 6) is 0.721. The van der Waals surface area contributed by atoms with E-state index in [1.807, 2.05) is 18.3 Å². The lowest BCUT2D eigenvalue weighted by atomic mass is 10.1. The summed E-state index contributed by atoms with van der Waals surface area (Å²) in [6.45, 7) is 4.37. The van der Waals surface area contributed by atoms with Crippen molar-refractivity contribution >= 4 is 34.8 Å². The van der Waals surface area contributed by atoms with Gasteiger partial charge in [-0.25, -0.2) is 5.10 Å². The number of hydrogen-bond donors (Lipinski definition) is 1.